The summed E-state index contributed by atoms with van der Waals surface area (Å²) in [6.07, 6.45) is 7.98. The Morgan fingerprint density at radius 3 is 2.96 bits per heavy atom. The number of aryl methyl sites for hydroxylation is 1. The molecule has 7 heteroatoms. The van der Waals surface area contributed by atoms with E-state index in [2.05, 4.69) is 34.6 Å². The number of halogens is 1. The highest BCUT2D eigenvalue weighted by atomic mass is 35.5. The van der Waals surface area contributed by atoms with Crippen molar-refractivity contribution in [1.29, 1.82) is 0 Å². The molecular weight excluding hydrogens is 314 g/mol. The largest absolute Gasteiger partial charge is 0.329 e. The maximum Gasteiger partial charge on any atom is 0.319 e. The quantitative estimate of drug-likeness (QED) is 0.899. The van der Waals surface area contributed by atoms with Gasteiger partial charge in [-0.2, -0.15) is 5.10 Å². The van der Waals surface area contributed by atoms with Crippen molar-refractivity contribution in [1.82, 2.24) is 20.1 Å². The minimum absolute atomic E-state index is 0.0317. The highest BCUT2D eigenvalue weighted by molar-refractivity contribution is 6.30. The SMILES string of the molecule is CC(C)n1ncc2c1C(NC(=O)Nc1cncc(Cl)c1)CCC2. The molecule has 6 nitrogen and oxygen atoms in total. The zero-order chi connectivity index (χ0) is 16.4. The fraction of sp³-hybridized carbons (Fsp3) is 0.438. The van der Waals surface area contributed by atoms with Crippen LogP contribution in [0.25, 0.3) is 0 Å². The van der Waals surface area contributed by atoms with Crippen LogP contribution >= 0.6 is 11.6 Å². The molecule has 2 aromatic heterocycles. The Bertz CT molecular complexity index is 712. The fourth-order valence-corrected chi connectivity index (χ4v) is 3.15. The Hall–Kier alpha value is -2.08. The van der Waals surface area contributed by atoms with Crippen LogP contribution in [0.3, 0.4) is 0 Å². The zero-order valence-electron chi connectivity index (χ0n) is 13.2. The molecule has 0 radical (unpaired) electrons. The van der Waals surface area contributed by atoms with E-state index in [0.29, 0.717) is 10.7 Å². The molecule has 1 aliphatic rings. The molecule has 2 aromatic rings. The lowest BCUT2D eigenvalue weighted by atomic mass is 9.93. The van der Waals surface area contributed by atoms with Crippen molar-refractivity contribution < 1.29 is 4.79 Å². The zero-order valence-corrected chi connectivity index (χ0v) is 14.0. The first-order chi connectivity index (χ1) is 11.0. The number of aromatic nitrogens is 3. The van der Waals surface area contributed by atoms with E-state index in [0.717, 1.165) is 25.0 Å². The molecule has 23 heavy (non-hydrogen) atoms. The summed E-state index contributed by atoms with van der Waals surface area (Å²) in [4.78, 5) is 16.2. The van der Waals surface area contributed by atoms with Gasteiger partial charge in [0, 0.05) is 12.2 Å². The van der Waals surface area contributed by atoms with E-state index in [1.807, 2.05) is 10.9 Å². The van der Waals surface area contributed by atoms with Crippen LogP contribution in [0.4, 0.5) is 10.5 Å². The average Bonchev–Trinajstić information content (AvgIpc) is 2.92. The van der Waals surface area contributed by atoms with Gasteiger partial charge < -0.3 is 10.6 Å². The standard InChI is InChI=1S/C16H20ClN5O/c1-10(2)22-15-11(7-19-22)4-3-5-14(15)21-16(23)20-13-6-12(17)8-18-9-13/h6-10,14H,3-5H2,1-2H3,(H2,20,21,23). The fourth-order valence-electron chi connectivity index (χ4n) is 2.97. The van der Waals surface area contributed by atoms with Crippen molar-refractivity contribution in [2.24, 2.45) is 0 Å². The second-order valence-corrected chi connectivity index (χ2v) is 6.46. The monoisotopic (exact) mass is 333 g/mol. The highest BCUT2D eigenvalue weighted by Crippen LogP contribution is 2.31. The molecule has 0 saturated heterocycles. The Kier molecular flexibility index (Phi) is 4.52. The van der Waals surface area contributed by atoms with E-state index >= 15 is 0 Å². The van der Waals surface area contributed by atoms with Crippen LogP contribution in [0.5, 0.6) is 0 Å². The van der Waals surface area contributed by atoms with Crippen LogP contribution in [0.1, 0.15) is 50.0 Å². The predicted molar refractivity (Wildman–Crippen MR) is 89.7 cm³/mol. The number of fused-ring (bicyclic) bond motifs is 1. The number of nitrogens with zero attached hydrogens (tertiary/aromatic N) is 3. The predicted octanol–water partition coefficient (Wildman–Crippen LogP) is 3.71. The first-order valence-electron chi connectivity index (χ1n) is 7.79. The Morgan fingerprint density at radius 1 is 1.39 bits per heavy atom. The van der Waals surface area contributed by atoms with Crippen molar-refractivity contribution in [3.8, 4) is 0 Å². The van der Waals surface area contributed by atoms with E-state index in [9.17, 15) is 4.79 Å². The van der Waals surface area contributed by atoms with Gasteiger partial charge in [-0.3, -0.25) is 9.67 Å². The summed E-state index contributed by atoms with van der Waals surface area (Å²) in [5, 5.41) is 10.8. The third-order valence-electron chi connectivity index (χ3n) is 3.94. The van der Waals surface area contributed by atoms with Crippen LogP contribution in [0.15, 0.2) is 24.7 Å². The number of hydrogen-bond acceptors (Lipinski definition) is 3. The van der Waals surface area contributed by atoms with Crippen molar-refractivity contribution in [2.45, 2.75) is 45.2 Å². The maximum atomic E-state index is 12.3. The van der Waals surface area contributed by atoms with Crippen LogP contribution in [-0.4, -0.2) is 20.8 Å². The number of rotatable bonds is 3. The lowest BCUT2D eigenvalue weighted by Gasteiger charge is -2.26. The van der Waals surface area contributed by atoms with E-state index in [1.54, 1.807) is 12.3 Å². The second-order valence-electron chi connectivity index (χ2n) is 6.03. The molecule has 0 aliphatic heterocycles. The van der Waals surface area contributed by atoms with Gasteiger partial charge in [0.15, 0.2) is 0 Å². The summed E-state index contributed by atoms with van der Waals surface area (Å²) in [7, 11) is 0. The minimum atomic E-state index is -0.261. The molecule has 1 atom stereocenters. The number of nitrogens with one attached hydrogen (secondary N) is 2. The van der Waals surface area contributed by atoms with E-state index in [1.165, 1.54) is 11.8 Å². The molecular formula is C16H20ClN5O. The molecule has 2 heterocycles. The molecule has 2 N–H and O–H groups in total. The van der Waals surface area contributed by atoms with Crippen molar-refractivity contribution >= 4 is 23.3 Å². The van der Waals surface area contributed by atoms with Crippen LogP contribution in [0.2, 0.25) is 5.02 Å². The first kappa shape index (κ1) is 15.8. The molecule has 1 aliphatic carbocycles. The number of hydrogen-bond donors (Lipinski definition) is 2. The van der Waals surface area contributed by atoms with Crippen LogP contribution in [0, 0.1) is 0 Å². The number of carbonyl (C=O) groups excluding carboxylic acids is 1. The Balaban J connectivity index is 1.74. The third kappa shape index (κ3) is 3.47. The van der Waals surface area contributed by atoms with E-state index in [-0.39, 0.29) is 18.1 Å². The molecule has 2 amide bonds. The van der Waals surface area contributed by atoms with Gasteiger partial charge in [-0.15, -0.1) is 0 Å². The van der Waals surface area contributed by atoms with Crippen molar-refractivity contribution in [2.75, 3.05) is 5.32 Å². The van der Waals surface area contributed by atoms with Gasteiger partial charge in [-0.25, -0.2) is 4.79 Å². The van der Waals surface area contributed by atoms with Crippen molar-refractivity contribution in [3.05, 3.63) is 40.9 Å². The lowest BCUT2D eigenvalue weighted by molar-refractivity contribution is 0.246. The lowest BCUT2D eigenvalue weighted by Crippen LogP contribution is -2.35. The minimum Gasteiger partial charge on any atom is -0.329 e. The van der Waals surface area contributed by atoms with Gasteiger partial charge in [0.1, 0.15) is 0 Å². The van der Waals surface area contributed by atoms with Gasteiger partial charge in [0.25, 0.3) is 0 Å². The van der Waals surface area contributed by atoms with Crippen LogP contribution < -0.4 is 10.6 Å². The maximum absolute atomic E-state index is 12.3. The summed E-state index contributed by atoms with van der Waals surface area (Å²) < 4.78 is 2.00. The summed E-state index contributed by atoms with van der Waals surface area (Å²) in [5.74, 6) is 0. The molecule has 0 fully saturated rings. The summed E-state index contributed by atoms with van der Waals surface area (Å²) in [6, 6.07) is 1.64. The highest BCUT2D eigenvalue weighted by Gasteiger charge is 2.27. The number of amides is 2. The molecule has 0 aromatic carbocycles. The van der Waals surface area contributed by atoms with Gasteiger partial charge in [0.05, 0.1) is 34.8 Å². The molecule has 122 valence electrons. The first-order valence-corrected chi connectivity index (χ1v) is 8.16. The van der Waals surface area contributed by atoms with Crippen molar-refractivity contribution in [3.63, 3.8) is 0 Å². The van der Waals surface area contributed by atoms with E-state index in [4.69, 9.17) is 11.6 Å². The number of anilines is 1. The Labute approximate surface area is 140 Å². The topological polar surface area (TPSA) is 71.8 Å². The molecule has 0 bridgehead atoms. The molecule has 1 unspecified atom stereocenters. The normalized spacial score (nSPS) is 17.0. The summed E-state index contributed by atoms with van der Waals surface area (Å²) in [6.45, 7) is 4.19. The number of urea groups is 1. The number of carbonyl (C=O) groups is 1. The average molecular weight is 334 g/mol. The molecule has 3 rings (SSSR count). The number of pyridine rings is 1. The third-order valence-corrected chi connectivity index (χ3v) is 4.15. The molecule has 0 saturated carbocycles. The Morgan fingerprint density at radius 2 is 2.22 bits per heavy atom. The second kappa shape index (κ2) is 6.58. The van der Waals surface area contributed by atoms with Gasteiger partial charge in [-0.05, 0) is 44.7 Å². The summed E-state index contributed by atoms with van der Waals surface area (Å²) in [5.41, 5.74) is 2.91. The van der Waals surface area contributed by atoms with Gasteiger partial charge in [-0.1, -0.05) is 11.6 Å². The van der Waals surface area contributed by atoms with Gasteiger partial charge >= 0.3 is 6.03 Å². The van der Waals surface area contributed by atoms with Gasteiger partial charge in [0.2, 0.25) is 0 Å². The van der Waals surface area contributed by atoms with E-state index < -0.39 is 0 Å². The summed E-state index contributed by atoms with van der Waals surface area (Å²) >= 11 is 5.88. The smallest absolute Gasteiger partial charge is 0.319 e. The molecule has 0 spiro atoms. The van der Waals surface area contributed by atoms with Crippen LogP contribution in [-0.2, 0) is 6.42 Å².